The van der Waals surface area contributed by atoms with Gasteiger partial charge in [-0.15, -0.1) is 10.2 Å². The summed E-state index contributed by atoms with van der Waals surface area (Å²) < 4.78 is 0. The van der Waals surface area contributed by atoms with Crippen molar-refractivity contribution < 1.29 is 0 Å². The molecule has 2 aliphatic rings. The molecule has 4 heterocycles. The van der Waals surface area contributed by atoms with E-state index < -0.39 is 0 Å². The first-order valence-corrected chi connectivity index (χ1v) is 8.70. The average molecular weight is 316 g/mol. The molecule has 2 N–H and O–H groups in total. The number of anilines is 1. The van der Waals surface area contributed by atoms with Crippen LogP contribution < -0.4 is 15.8 Å². The van der Waals surface area contributed by atoms with E-state index in [-0.39, 0.29) is 0 Å². The third-order valence-corrected chi connectivity index (χ3v) is 5.55. The Hall–Kier alpha value is -1.57. The summed E-state index contributed by atoms with van der Waals surface area (Å²) >= 11 is 1.64. The second kappa shape index (κ2) is 6.28. The summed E-state index contributed by atoms with van der Waals surface area (Å²) in [7, 11) is 0. The van der Waals surface area contributed by atoms with Crippen LogP contribution in [0.4, 0.5) is 5.13 Å². The van der Waals surface area contributed by atoms with Crippen LogP contribution in [-0.4, -0.2) is 40.9 Å². The largest absolute Gasteiger partial charge is 0.347 e. The lowest BCUT2D eigenvalue weighted by Crippen LogP contribution is -2.42. The Labute approximate surface area is 133 Å². The minimum absolute atomic E-state index is 0.639. The molecule has 2 fully saturated rings. The van der Waals surface area contributed by atoms with Crippen LogP contribution in [0.1, 0.15) is 19.3 Å². The molecule has 2 saturated heterocycles. The van der Waals surface area contributed by atoms with Crippen molar-refractivity contribution in [2.24, 2.45) is 5.92 Å². The van der Waals surface area contributed by atoms with Gasteiger partial charge >= 0.3 is 0 Å². The first-order chi connectivity index (χ1) is 10.9. The van der Waals surface area contributed by atoms with Gasteiger partial charge in [-0.25, -0.2) is 0 Å². The van der Waals surface area contributed by atoms with Gasteiger partial charge in [0.05, 0.1) is 0 Å². The Morgan fingerprint density at radius 2 is 2.05 bits per heavy atom. The molecule has 0 radical (unpaired) electrons. The van der Waals surface area contributed by atoms with E-state index in [1.165, 1.54) is 19.3 Å². The van der Waals surface area contributed by atoms with E-state index in [1.54, 1.807) is 17.5 Å². The lowest BCUT2D eigenvalue weighted by molar-refractivity contribution is 0.311. The van der Waals surface area contributed by atoms with Gasteiger partial charge in [0, 0.05) is 31.9 Å². The first-order valence-electron chi connectivity index (χ1n) is 7.88. The summed E-state index contributed by atoms with van der Waals surface area (Å²) in [6.45, 7) is 3.23. The van der Waals surface area contributed by atoms with Gasteiger partial charge in [-0.1, -0.05) is 17.4 Å². The minimum atomic E-state index is 0.639. The van der Waals surface area contributed by atoms with Crippen molar-refractivity contribution in [3.05, 3.63) is 24.4 Å². The molecule has 7 heteroatoms. The summed E-state index contributed by atoms with van der Waals surface area (Å²) in [4.78, 5) is 6.71. The van der Waals surface area contributed by atoms with Crippen LogP contribution in [0.5, 0.6) is 0 Å². The highest BCUT2D eigenvalue weighted by Crippen LogP contribution is 2.31. The van der Waals surface area contributed by atoms with Crippen LogP contribution in [0.25, 0.3) is 10.7 Å². The lowest BCUT2D eigenvalue weighted by atomic mass is 9.89. The Balaban J connectivity index is 1.40. The topological polar surface area (TPSA) is 66.0 Å². The van der Waals surface area contributed by atoms with Crippen molar-refractivity contribution in [3.63, 3.8) is 0 Å². The zero-order chi connectivity index (χ0) is 14.8. The number of piperidine rings is 1. The van der Waals surface area contributed by atoms with Crippen molar-refractivity contribution in [2.45, 2.75) is 25.3 Å². The van der Waals surface area contributed by atoms with Gasteiger partial charge < -0.3 is 4.90 Å². The van der Waals surface area contributed by atoms with Crippen LogP contribution in [0, 0.1) is 5.92 Å². The molecule has 0 amide bonds. The molecule has 1 unspecified atom stereocenters. The fourth-order valence-corrected chi connectivity index (χ4v) is 4.16. The number of nitrogens with one attached hydrogen (secondary N) is 2. The quantitative estimate of drug-likeness (QED) is 0.898. The molecule has 4 rings (SSSR count). The average Bonchev–Trinajstić information content (AvgIpc) is 3.28. The van der Waals surface area contributed by atoms with Crippen LogP contribution in [0.2, 0.25) is 0 Å². The van der Waals surface area contributed by atoms with Crippen LogP contribution in [0.3, 0.4) is 0 Å². The Bertz CT molecular complexity index is 602. The van der Waals surface area contributed by atoms with Gasteiger partial charge in [0.1, 0.15) is 5.69 Å². The maximum Gasteiger partial charge on any atom is 0.208 e. The highest BCUT2D eigenvalue weighted by Gasteiger charge is 2.29. The Morgan fingerprint density at radius 1 is 1.14 bits per heavy atom. The predicted molar refractivity (Wildman–Crippen MR) is 87.6 cm³/mol. The third-order valence-electron chi connectivity index (χ3n) is 4.55. The third kappa shape index (κ3) is 2.84. The number of nitrogens with zero attached hydrogens (tertiary/aromatic N) is 4. The molecule has 2 aliphatic heterocycles. The lowest BCUT2D eigenvalue weighted by Gasteiger charge is -2.34. The first kappa shape index (κ1) is 14.0. The zero-order valence-corrected chi connectivity index (χ0v) is 13.2. The summed E-state index contributed by atoms with van der Waals surface area (Å²) in [6.07, 6.45) is 5.48. The molecular weight excluding hydrogens is 296 g/mol. The fourth-order valence-electron chi connectivity index (χ4n) is 3.29. The Kier molecular flexibility index (Phi) is 4.01. The van der Waals surface area contributed by atoms with Crippen LogP contribution in [0.15, 0.2) is 24.4 Å². The van der Waals surface area contributed by atoms with Gasteiger partial charge in [0.2, 0.25) is 5.13 Å². The van der Waals surface area contributed by atoms with Gasteiger partial charge in [-0.3, -0.25) is 15.8 Å². The van der Waals surface area contributed by atoms with Crippen molar-refractivity contribution in [1.82, 2.24) is 26.0 Å². The highest BCUT2D eigenvalue weighted by atomic mass is 32.1. The molecule has 6 nitrogen and oxygen atoms in total. The monoisotopic (exact) mass is 316 g/mol. The van der Waals surface area contributed by atoms with Gasteiger partial charge in [-0.2, -0.15) is 0 Å². The number of pyridine rings is 1. The van der Waals surface area contributed by atoms with E-state index in [4.69, 9.17) is 0 Å². The van der Waals surface area contributed by atoms with Crippen molar-refractivity contribution in [1.29, 1.82) is 0 Å². The molecule has 116 valence electrons. The smallest absolute Gasteiger partial charge is 0.208 e. The van der Waals surface area contributed by atoms with Crippen LogP contribution >= 0.6 is 11.3 Å². The van der Waals surface area contributed by atoms with Crippen molar-refractivity contribution in [3.8, 4) is 10.7 Å². The van der Waals surface area contributed by atoms with Gasteiger partial charge in [0.15, 0.2) is 5.01 Å². The van der Waals surface area contributed by atoms with Gasteiger partial charge in [-0.05, 0) is 37.3 Å². The number of rotatable bonds is 3. The molecule has 22 heavy (non-hydrogen) atoms. The predicted octanol–water partition coefficient (Wildman–Crippen LogP) is 1.68. The summed E-state index contributed by atoms with van der Waals surface area (Å²) in [5.41, 5.74) is 7.55. The highest BCUT2D eigenvalue weighted by molar-refractivity contribution is 7.18. The zero-order valence-electron chi connectivity index (χ0n) is 12.4. The number of hydrogen-bond acceptors (Lipinski definition) is 7. The fraction of sp³-hybridized carbons (Fsp3) is 0.533. The van der Waals surface area contributed by atoms with E-state index in [9.17, 15) is 0 Å². The second-order valence-electron chi connectivity index (χ2n) is 5.90. The summed E-state index contributed by atoms with van der Waals surface area (Å²) in [6, 6.07) is 6.52. The molecule has 0 saturated carbocycles. The maximum absolute atomic E-state index is 4.37. The molecule has 0 spiro atoms. The van der Waals surface area contributed by atoms with Gasteiger partial charge in [0.25, 0.3) is 0 Å². The molecule has 0 aliphatic carbocycles. The minimum Gasteiger partial charge on any atom is -0.347 e. The molecular formula is C15H20N6S. The van der Waals surface area contributed by atoms with Crippen molar-refractivity contribution in [2.75, 3.05) is 24.5 Å². The molecule has 0 aromatic carbocycles. The van der Waals surface area contributed by atoms with E-state index in [0.717, 1.165) is 41.4 Å². The number of aromatic nitrogens is 3. The normalized spacial score (nSPS) is 23.1. The van der Waals surface area contributed by atoms with Crippen LogP contribution in [-0.2, 0) is 0 Å². The van der Waals surface area contributed by atoms with E-state index in [1.807, 2.05) is 18.2 Å². The summed E-state index contributed by atoms with van der Waals surface area (Å²) in [5.74, 6) is 0.773. The SMILES string of the molecule is c1ccc(-c2nnc(N3CCC(C4CCNN4)CC3)s2)nc1. The molecule has 1 atom stereocenters. The molecule has 0 bridgehead atoms. The second-order valence-corrected chi connectivity index (χ2v) is 6.85. The summed E-state index contributed by atoms with van der Waals surface area (Å²) in [5, 5.41) is 10.6. The number of hydrogen-bond donors (Lipinski definition) is 2. The van der Waals surface area contributed by atoms with E-state index in [0.29, 0.717) is 6.04 Å². The standard InChI is InChI=1S/C15H20N6S/c1-2-7-16-13(3-1)14-19-20-15(22-14)21-9-5-11(6-10-21)12-4-8-17-18-12/h1-3,7,11-12,17-18H,4-6,8-10H2. The van der Waals surface area contributed by atoms with E-state index in [2.05, 4.69) is 30.9 Å². The van der Waals surface area contributed by atoms with E-state index >= 15 is 0 Å². The molecule has 2 aromatic rings. The maximum atomic E-state index is 4.37. The number of hydrazine groups is 1. The Morgan fingerprint density at radius 3 is 2.77 bits per heavy atom. The van der Waals surface area contributed by atoms with Crippen molar-refractivity contribution >= 4 is 16.5 Å². The molecule has 2 aromatic heterocycles.